The molecule has 1 aromatic carbocycles. The molecule has 1 aliphatic rings. The highest BCUT2D eigenvalue weighted by molar-refractivity contribution is 7.08. The Morgan fingerprint density at radius 1 is 1.28 bits per heavy atom. The summed E-state index contributed by atoms with van der Waals surface area (Å²) in [7, 11) is 0. The largest absolute Gasteiger partial charge is 0.339 e. The van der Waals surface area contributed by atoms with Crippen molar-refractivity contribution >= 4 is 46.3 Å². The molecule has 2 aromatic heterocycles. The third kappa shape index (κ3) is 3.35. The number of rotatable bonds is 3. The fourth-order valence-corrected chi connectivity index (χ4v) is 3.42. The van der Waals surface area contributed by atoms with Gasteiger partial charge in [-0.2, -0.15) is 16.3 Å². The number of carbonyl (C=O) groups excluding carboxylic acids is 1. The van der Waals surface area contributed by atoms with Crippen molar-refractivity contribution in [3.8, 4) is 11.4 Å². The number of halogens is 2. The summed E-state index contributed by atoms with van der Waals surface area (Å²) in [4.78, 5) is 18.3. The number of nitrogens with zero attached hydrogens (tertiary/aromatic N) is 3. The van der Waals surface area contributed by atoms with E-state index in [1.807, 2.05) is 16.8 Å². The lowest BCUT2D eigenvalue weighted by Gasteiger charge is -2.36. The van der Waals surface area contributed by atoms with Crippen LogP contribution in [0.15, 0.2) is 39.5 Å². The molecule has 9 heteroatoms. The van der Waals surface area contributed by atoms with E-state index in [2.05, 4.69) is 15.5 Å². The number of carbonyl (C=O) groups is 1. The topological polar surface area (TPSA) is 71.3 Å². The number of hydrogen-bond acceptors (Lipinski definition) is 5. The highest BCUT2D eigenvalue weighted by Gasteiger charge is 2.35. The molecule has 0 bridgehead atoms. The molecule has 1 N–H and O–H groups in total. The van der Waals surface area contributed by atoms with Crippen molar-refractivity contribution in [2.24, 2.45) is 0 Å². The lowest BCUT2D eigenvalue weighted by Crippen LogP contribution is -2.50. The molecule has 128 valence electrons. The average Bonchev–Trinajstić information content (AvgIpc) is 3.20. The van der Waals surface area contributed by atoms with Crippen LogP contribution in [0.2, 0.25) is 10.0 Å². The molecule has 0 spiro atoms. The first-order valence-corrected chi connectivity index (χ1v) is 9.17. The summed E-state index contributed by atoms with van der Waals surface area (Å²) in [5.41, 5.74) is 1.54. The Bertz CT molecular complexity index is 907. The predicted molar refractivity (Wildman–Crippen MR) is 97.4 cm³/mol. The molecule has 25 heavy (non-hydrogen) atoms. The van der Waals surface area contributed by atoms with Crippen molar-refractivity contribution in [2.75, 3.05) is 18.4 Å². The number of urea groups is 1. The molecule has 0 aliphatic carbocycles. The lowest BCUT2D eigenvalue weighted by atomic mass is 10.0. The van der Waals surface area contributed by atoms with Gasteiger partial charge in [-0.15, -0.1) is 0 Å². The predicted octanol–water partition coefficient (Wildman–Crippen LogP) is 4.74. The maximum Gasteiger partial charge on any atom is 0.321 e. The third-order valence-electron chi connectivity index (χ3n) is 3.91. The van der Waals surface area contributed by atoms with Gasteiger partial charge in [-0.05, 0) is 29.6 Å². The van der Waals surface area contributed by atoms with E-state index < -0.39 is 0 Å². The molecule has 4 rings (SSSR count). The van der Waals surface area contributed by atoms with Gasteiger partial charge in [0.15, 0.2) is 0 Å². The summed E-state index contributed by atoms with van der Waals surface area (Å²) >= 11 is 13.4. The van der Waals surface area contributed by atoms with Gasteiger partial charge in [-0.3, -0.25) is 0 Å². The molecule has 6 nitrogen and oxygen atoms in total. The number of aromatic nitrogens is 2. The van der Waals surface area contributed by atoms with Crippen LogP contribution in [0.1, 0.15) is 11.8 Å². The fourth-order valence-electron chi connectivity index (χ4n) is 2.49. The summed E-state index contributed by atoms with van der Waals surface area (Å²) in [5.74, 6) is 1.19. The second-order valence-corrected chi connectivity index (χ2v) is 7.22. The SMILES string of the molecule is O=C(Nc1ccc(Cl)c(Cl)c1)N1CC(c2nc(-c3ccsc3)no2)C1. The van der Waals surface area contributed by atoms with Crippen LogP contribution in [0.3, 0.4) is 0 Å². The van der Waals surface area contributed by atoms with Gasteiger partial charge in [0.1, 0.15) is 0 Å². The van der Waals surface area contributed by atoms with E-state index in [-0.39, 0.29) is 11.9 Å². The first-order valence-electron chi connectivity index (χ1n) is 7.47. The Morgan fingerprint density at radius 2 is 2.12 bits per heavy atom. The van der Waals surface area contributed by atoms with Crippen LogP contribution in [-0.2, 0) is 0 Å². The molecule has 0 atom stereocenters. The van der Waals surface area contributed by atoms with Gasteiger partial charge in [0.2, 0.25) is 11.7 Å². The van der Waals surface area contributed by atoms with E-state index in [9.17, 15) is 4.79 Å². The minimum absolute atomic E-state index is 0.0550. The maximum absolute atomic E-state index is 12.2. The summed E-state index contributed by atoms with van der Waals surface area (Å²) < 4.78 is 5.32. The van der Waals surface area contributed by atoms with E-state index in [0.29, 0.717) is 40.5 Å². The number of likely N-dealkylation sites (tertiary alicyclic amines) is 1. The molecule has 1 saturated heterocycles. The monoisotopic (exact) mass is 394 g/mol. The Kier molecular flexibility index (Phi) is 4.37. The zero-order chi connectivity index (χ0) is 17.4. The molecule has 3 aromatic rings. The first kappa shape index (κ1) is 16.4. The van der Waals surface area contributed by atoms with Gasteiger partial charge in [0, 0.05) is 29.7 Å². The Hall–Kier alpha value is -2.09. The van der Waals surface area contributed by atoms with Crippen LogP contribution in [0.25, 0.3) is 11.4 Å². The quantitative estimate of drug-likeness (QED) is 0.696. The van der Waals surface area contributed by atoms with Crippen LogP contribution in [0, 0.1) is 0 Å². The van der Waals surface area contributed by atoms with Gasteiger partial charge >= 0.3 is 6.03 Å². The Balaban J connectivity index is 1.35. The zero-order valence-corrected chi connectivity index (χ0v) is 15.1. The zero-order valence-electron chi connectivity index (χ0n) is 12.8. The van der Waals surface area contributed by atoms with Gasteiger partial charge in [-0.1, -0.05) is 28.4 Å². The first-order chi connectivity index (χ1) is 12.1. The van der Waals surface area contributed by atoms with Crippen molar-refractivity contribution in [1.82, 2.24) is 15.0 Å². The van der Waals surface area contributed by atoms with Crippen molar-refractivity contribution in [2.45, 2.75) is 5.92 Å². The number of amides is 2. The Labute approximate surface area is 157 Å². The number of hydrogen-bond donors (Lipinski definition) is 1. The molecular weight excluding hydrogens is 383 g/mol. The van der Waals surface area contributed by atoms with E-state index in [4.69, 9.17) is 27.7 Å². The number of anilines is 1. The summed E-state index contributed by atoms with van der Waals surface area (Å²) in [6.07, 6.45) is 0. The van der Waals surface area contributed by atoms with Crippen molar-refractivity contribution in [3.63, 3.8) is 0 Å². The minimum atomic E-state index is -0.202. The molecule has 0 radical (unpaired) electrons. The van der Waals surface area contributed by atoms with Gasteiger partial charge < -0.3 is 14.7 Å². The highest BCUT2D eigenvalue weighted by atomic mass is 35.5. The minimum Gasteiger partial charge on any atom is -0.339 e. The van der Waals surface area contributed by atoms with Gasteiger partial charge in [0.05, 0.1) is 16.0 Å². The van der Waals surface area contributed by atoms with Gasteiger partial charge in [-0.25, -0.2) is 4.79 Å². The van der Waals surface area contributed by atoms with Crippen LogP contribution < -0.4 is 5.32 Å². The summed E-state index contributed by atoms with van der Waals surface area (Å²) in [5, 5.41) is 11.6. The molecular formula is C16H12Cl2N4O2S. The Morgan fingerprint density at radius 3 is 2.84 bits per heavy atom. The number of thiophene rings is 1. The fraction of sp³-hybridized carbons (Fsp3) is 0.188. The van der Waals surface area contributed by atoms with E-state index >= 15 is 0 Å². The van der Waals surface area contributed by atoms with E-state index in [1.54, 1.807) is 34.4 Å². The van der Waals surface area contributed by atoms with Crippen molar-refractivity contribution in [3.05, 3.63) is 51.0 Å². The van der Waals surface area contributed by atoms with Crippen molar-refractivity contribution < 1.29 is 9.32 Å². The second kappa shape index (κ2) is 6.67. The van der Waals surface area contributed by atoms with Crippen LogP contribution in [0.4, 0.5) is 10.5 Å². The standard InChI is InChI=1S/C16H12Cl2N4O2S/c17-12-2-1-11(5-13(12)18)19-16(23)22-6-10(7-22)15-20-14(21-24-15)9-3-4-25-8-9/h1-5,8,10H,6-7H2,(H,19,23). The normalized spacial score (nSPS) is 14.4. The molecule has 2 amide bonds. The summed E-state index contributed by atoms with van der Waals surface area (Å²) in [6.45, 7) is 1.05. The number of benzene rings is 1. The van der Waals surface area contributed by atoms with Crippen molar-refractivity contribution in [1.29, 1.82) is 0 Å². The third-order valence-corrected chi connectivity index (χ3v) is 5.33. The van der Waals surface area contributed by atoms with Crippen LogP contribution in [0.5, 0.6) is 0 Å². The van der Waals surface area contributed by atoms with Crippen LogP contribution >= 0.6 is 34.5 Å². The molecule has 0 saturated carbocycles. The summed E-state index contributed by atoms with van der Waals surface area (Å²) in [6, 6.07) is 6.70. The molecule has 3 heterocycles. The van der Waals surface area contributed by atoms with Crippen LogP contribution in [-0.4, -0.2) is 34.2 Å². The molecule has 1 aliphatic heterocycles. The average molecular weight is 395 g/mol. The number of nitrogens with one attached hydrogen (secondary N) is 1. The van der Waals surface area contributed by atoms with E-state index in [0.717, 1.165) is 5.56 Å². The molecule has 0 unspecified atom stereocenters. The maximum atomic E-state index is 12.2. The smallest absolute Gasteiger partial charge is 0.321 e. The second-order valence-electron chi connectivity index (χ2n) is 5.63. The lowest BCUT2D eigenvalue weighted by molar-refractivity contribution is 0.147. The van der Waals surface area contributed by atoms with Gasteiger partial charge in [0.25, 0.3) is 0 Å². The molecule has 1 fully saturated rings. The van der Waals surface area contributed by atoms with E-state index in [1.165, 1.54) is 0 Å². The highest BCUT2D eigenvalue weighted by Crippen LogP contribution is 2.29.